The van der Waals surface area contributed by atoms with Gasteiger partial charge in [-0.1, -0.05) is 0 Å². The molecule has 0 spiro atoms. The molecular weight excluding hydrogens is 280 g/mol. The van der Waals surface area contributed by atoms with E-state index in [1.165, 1.54) is 31.5 Å². The van der Waals surface area contributed by atoms with Gasteiger partial charge in [0.25, 0.3) is 5.69 Å². The van der Waals surface area contributed by atoms with Crippen LogP contribution >= 0.6 is 0 Å². The molecule has 2 N–H and O–H groups in total. The molecule has 0 aliphatic rings. The van der Waals surface area contributed by atoms with Gasteiger partial charge in [0.1, 0.15) is 0 Å². The molecule has 2 aromatic rings. The van der Waals surface area contributed by atoms with Crippen molar-refractivity contribution < 1.29 is 24.4 Å². The van der Waals surface area contributed by atoms with Gasteiger partial charge in [-0.2, -0.15) is 0 Å². The second-order valence-corrected chi connectivity index (χ2v) is 4.05. The molecule has 8 nitrogen and oxygen atoms in total. The van der Waals surface area contributed by atoms with E-state index in [9.17, 15) is 19.7 Å². The molecule has 1 heterocycles. The van der Waals surface area contributed by atoms with Crippen molar-refractivity contribution in [3.63, 3.8) is 0 Å². The number of carbonyl (C=O) groups excluding carboxylic acids is 1. The lowest BCUT2D eigenvalue weighted by Gasteiger charge is -2.05. The molecule has 0 radical (unpaired) electrons. The SMILES string of the molecule is COC(=O)c1cc[nH]c1-c1ccc(C(=O)O)cc1[N+](=O)[O-]. The number of nitrogens with zero attached hydrogens (tertiary/aromatic N) is 1. The van der Waals surface area contributed by atoms with Crippen LogP contribution < -0.4 is 0 Å². The van der Waals surface area contributed by atoms with Crippen LogP contribution in [0.2, 0.25) is 0 Å². The summed E-state index contributed by atoms with van der Waals surface area (Å²) in [5.41, 5.74) is -0.191. The Bertz CT molecular complexity index is 734. The maximum Gasteiger partial charge on any atom is 0.340 e. The molecule has 0 aliphatic carbocycles. The van der Waals surface area contributed by atoms with Gasteiger partial charge in [-0.3, -0.25) is 10.1 Å². The van der Waals surface area contributed by atoms with Crippen molar-refractivity contribution in [1.29, 1.82) is 0 Å². The van der Waals surface area contributed by atoms with Crippen molar-refractivity contribution in [3.05, 3.63) is 51.7 Å². The number of rotatable bonds is 4. The highest BCUT2D eigenvalue weighted by atomic mass is 16.6. The predicted molar refractivity (Wildman–Crippen MR) is 71.2 cm³/mol. The summed E-state index contributed by atoms with van der Waals surface area (Å²) >= 11 is 0. The van der Waals surface area contributed by atoms with Crippen LogP contribution in [0.5, 0.6) is 0 Å². The second-order valence-electron chi connectivity index (χ2n) is 4.05. The van der Waals surface area contributed by atoms with Crippen molar-refractivity contribution in [2.75, 3.05) is 7.11 Å². The number of benzene rings is 1. The minimum atomic E-state index is -1.27. The fourth-order valence-corrected chi connectivity index (χ4v) is 1.90. The quantitative estimate of drug-likeness (QED) is 0.505. The van der Waals surface area contributed by atoms with Crippen LogP contribution in [0.25, 0.3) is 11.3 Å². The number of carbonyl (C=O) groups is 2. The molecule has 0 saturated heterocycles. The lowest BCUT2D eigenvalue weighted by atomic mass is 10.0. The molecule has 1 aromatic heterocycles. The molecule has 0 aliphatic heterocycles. The number of nitro benzene ring substituents is 1. The number of ether oxygens (including phenoxy) is 1. The summed E-state index contributed by atoms with van der Waals surface area (Å²) in [5, 5.41) is 20.0. The van der Waals surface area contributed by atoms with Gasteiger partial charge < -0.3 is 14.8 Å². The van der Waals surface area contributed by atoms with E-state index < -0.39 is 22.5 Å². The zero-order valence-corrected chi connectivity index (χ0v) is 10.8. The van der Waals surface area contributed by atoms with Gasteiger partial charge in [-0.25, -0.2) is 9.59 Å². The average Bonchev–Trinajstić information content (AvgIpc) is 2.94. The summed E-state index contributed by atoms with van der Waals surface area (Å²) in [6, 6.07) is 4.88. The van der Waals surface area contributed by atoms with E-state index in [2.05, 4.69) is 9.72 Å². The maximum absolute atomic E-state index is 11.6. The Morgan fingerprint density at radius 2 is 2.05 bits per heavy atom. The van der Waals surface area contributed by atoms with E-state index in [4.69, 9.17) is 5.11 Å². The van der Waals surface area contributed by atoms with E-state index in [-0.39, 0.29) is 22.4 Å². The van der Waals surface area contributed by atoms with Gasteiger partial charge in [0.15, 0.2) is 0 Å². The summed E-state index contributed by atoms with van der Waals surface area (Å²) in [4.78, 5) is 35.7. The number of hydrogen-bond acceptors (Lipinski definition) is 5. The number of aromatic amines is 1. The van der Waals surface area contributed by atoms with Crippen molar-refractivity contribution in [3.8, 4) is 11.3 Å². The Kier molecular flexibility index (Phi) is 3.70. The number of carboxylic acids is 1. The zero-order valence-electron chi connectivity index (χ0n) is 10.8. The predicted octanol–water partition coefficient (Wildman–Crippen LogP) is 2.07. The first-order valence-electron chi connectivity index (χ1n) is 5.73. The third-order valence-electron chi connectivity index (χ3n) is 2.86. The van der Waals surface area contributed by atoms with E-state index in [1.807, 2.05) is 0 Å². The molecule has 0 unspecified atom stereocenters. The summed E-state index contributed by atoms with van der Waals surface area (Å²) < 4.78 is 4.60. The fraction of sp³-hybridized carbons (Fsp3) is 0.0769. The first-order chi connectivity index (χ1) is 9.95. The van der Waals surface area contributed by atoms with Gasteiger partial charge in [-0.15, -0.1) is 0 Å². The molecule has 0 amide bonds. The van der Waals surface area contributed by atoms with Gasteiger partial charge in [0.2, 0.25) is 0 Å². The van der Waals surface area contributed by atoms with E-state index in [0.717, 1.165) is 6.07 Å². The van der Waals surface area contributed by atoms with E-state index >= 15 is 0 Å². The highest BCUT2D eigenvalue weighted by Gasteiger charge is 2.23. The average molecular weight is 290 g/mol. The number of carboxylic acid groups (broad SMARTS) is 1. The monoisotopic (exact) mass is 290 g/mol. The van der Waals surface area contributed by atoms with Crippen LogP contribution in [0, 0.1) is 10.1 Å². The highest BCUT2D eigenvalue weighted by Crippen LogP contribution is 2.32. The van der Waals surface area contributed by atoms with Crippen LogP contribution in [0.3, 0.4) is 0 Å². The van der Waals surface area contributed by atoms with Gasteiger partial charge in [0, 0.05) is 12.3 Å². The molecule has 2 rings (SSSR count). The van der Waals surface area contributed by atoms with E-state index in [1.54, 1.807) is 0 Å². The van der Waals surface area contributed by atoms with Crippen LogP contribution in [-0.2, 0) is 4.74 Å². The summed E-state index contributed by atoms with van der Waals surface area (Å²) in [6.45, 7) is 0. The Morgan fingerprint density at radius 3 is 2.62 bits per heavy atom. The van der Waals surface area contributed by atoms with Crippen LogP contribution in [0.4, 0.5) is 5.69 Å². The minimum Gasteiger partial charge on any atom is -0.478 e. The van der Waals surface area contributed by atoms with Gasteiger partial charge in [0.05, 0.1) is 34.4 Å². The summed E-state index contributed by atoms with van der Waals surface area (Å²) in [5.74, 6) is -1.92. The Hall–Kier alpha value is -3.16. The number of esters is 1. The van der Waals surface area contributed by atoms with Crippen molar-refractivity contribution in [1.82, 2.24) is 4.98 Å². The van der Waals surface area contributed by atoms with Gasteiger partial charge >= 0.3 is 11.9 Å². The lowest BCUT2D eigenvalue weighted by molar-refractivity contribution is -0.384. The van der Waals surface area contributed by atoms with Crippen LogP contribution in [0.1, 0.15) is 20.7 Å². The number of hydrogen-bond donors (Lipinski definition) is 2. The highest BCUT2D eigenvalue weighted by molar-refractivity contribution is 5.98. The third-order valence-corrected chi connectivity index (χ3v) is 2.86. The van der Waals surface area contributed by atoms with Crippen molar-refractivity contribution in [2.45, 2.75) is 0 Å². The number of aromatic nitrogens is 1. The number of methoxy groups -OCH3 is 1. The van der Waals surface area contributed by atoms with Crippen LogP contribution in [-0.4, -0.2) is 34.1 Å². The maximum atomic E-state index is 11.6. The smallest absolute Gasteiger partial charge is 0.340 e. The Labute approximate surface area is 118 Å². The summed E-state index contributed by atoms with van der Waals surface area (Å²) in [6.07, 6.45) is 1.44. The van der Waals surface area contributed by atoms with Gasteiger partial charge in [-0.05, 0) is 18.2 Å². The number of nitrogens with one attached hydrogen (secondary N) is 1. The molecule has 8 heteroatoms. The Balaban J connectivity index is 2.64. The molecule has 0 fully saturated rings. The largest absolute Gasteiger partial charge is 0.478 e. The lowest BCUT2D eigenvalue weighted by Crippen LogP contribution is -2.04. The first kappa shape index (κ1) is 14.3. The topological polar surface area (TPSA) is 123 Å². The number of aromatic carboxylic acids is 1. The zero-order chi connectivity index (χ0) is 15.6. The number of nitro groups is 1. The second kappa shape index (κ2) is 5.45. The molecule has 0 saturated carbocycles. The third kappa shape index (κ3) is 2.59. The van der Waals surface area contributed by atoms with Crippen LogP contribution in [0.15, 0.2) is 30.5 Å². The molecule has 108 valence electrons. The first-order valence-corrected chi connectivity index (χ1v) is 5.73. The Morgan fingerprint density at radius 1 is 1.33 bits per heavy atom. The fourth-order valence-electron chi connectivity index (χ4n) is 1.90. The summed E-state index contributed by atoms with van der Waals surface area (Å²) in [7, 11) is 1.20. The minimum absolute atomic E-state index is 0.107. The standard InChI is InChI=1S/C13H10N2O6/c1-21-13(18)9-4-5-14-11(9)8-3-2-7(12(16)17)6-10(8)15(19)20/h2-6,14H,1H3,(H,16,17). The molecular formula is C13H10N2O6. The normalized spacial score (nSPS) is 10.1. The molecule has 21 heavy (non-hydrogen) atoms. The molecule has 0 bridgehead atoms. The van der Waals surface area contributed by atoms with Crippen molar-refractivity contribution in [2.24, 2.45) is 0 Å². The van der Waals surface area contributed by atoms with E-state index in [0.29, 0.717) is 0 Å². The number of H-pyrrole nitrogens is 1. The molecule has 1 aromatic carbocycles. The molecule has 0 atom stereocenters. The van der Waals surface area contributed by atoms with Crippen molar-refractivity contribution >= 4 is 17.6 Å².